The number of aromatic nitrogens is 2. The number of rotatable bonds is 4. The van der Waals surface area contributed by atoms with Gasteiger partial charge in [0.25, 0.3) is 5.56 Å². The highest BCUT2D eigenvalue weighted by Crippen LogP contribution is 2.29. The topological polar surface area (TPSA) is 44.1 Å². The smallest absolute Gasteiger partial charge is 0.263 e. The van der Waals surface area contributed by atoms with Gasteiger partial charge in [-0.2, -0.15) is 0 Å². The van der Waals surface area contributed by atoms with E-state index in [2.05, 4.69) is 6.92 Å². The average Bonchev–Trinajstić information content (AvgIpc) is 2.81. The minimum atomic E-state index is 0.0985. The lowest BCUT2D eigenvalue weighted by Gasteiger charge is -2.22. The first-order valence-corrected chi connectivity index (χ1v) is 9.67. The Morgan fingerprint density at radius 2 is 2.23 bits per heavy atom. The Hall–Kier alpha value is -0.850. The van der Waals surface area contributed by atoms with E-state index in [4.69, 9.17) is 9.72 Å². The van der Waals surface area contributed by atoms with Crippen molar-refractivity contribution in [2.24, 2.45) is 0 Å². The molecule has 0 saturated carbocycles. The maximum absolute atomic E-state index is 12.8. The van der Waals surface area contributed by atoms with E-state index in [0.29, 0.717) is 12.6 Å². The van der Waals surface area contributed by atoms with Crippen LogP contribution in [-0.2, 0) is 11.3 Å². The Morgan fingerprint density at radius 3 is 2.91 bits per heavy atom. The van der Waals surface area contributed by atoms with Gasteiger partial charge in [-0.25, -0.2) is 4.98 Å². The van der Waals surface area contributed by atoms with E-state index in [0.717, 1.165) is 39.7 Å². The zero-order valence-corrected chi connectivity index (χ0v) is 15.0. The predicted molar refractivity (Wildman–Crippen MR) is 93.3 cm³/mol. The Morgan fingerprint density at radius 1 is 1.41 bits per heavy atom. The number of hydrogen-bond acceptors (Lipinski definition) is 5. The number of thiophene rings is 1. The monoisotopic (exact) mass is 338 g/mol. The second-order valence-electron chi connectivity index (χ2n) is 5.71. The highest BCUT2D eigenvalue weighted by atomic mass is 32.2. The fraction of sp³-hybridized carbons (Fsp3) is 0.625. The average molecular weight is 338 g/mol. The van der Waals surface area contributed by atoms with Crippen LogP contribution in [0.5, 0.6) is 0 Å². The van der Waals surface area contributed by atoms with Gasteiger partial charge in [-0.15, -0.1) is 11.3 Å². The van der Waals surface area contributed by atoms with Gasteiger partial charge in [0, 0.05) is 23.8 Å². The molecular weight excluding hydrogens is 316 g/mol. The molecule has 1 saturated heterocycles. The van der Waals surface area contributed by atoms with Crippen molar-refractivity contribution in [2.45, 2.75) is 57.8 Å². The molecule has 0 aromatic carbocycles. The maximum Gasteiger partial charge on any atom is 0.263 e. The molecule has 0 unspecified atom stereocenters. The van der Waals surface area contributed by atoms with E-state index in [-0.39, 0.29) is 5.56 Å². The fourth-order valence-electron chi connectivity index (χ4n) is 2.80. The lowest BCUT2D eigenvalue weighted by molar-refractivity contribution is 0.0315. The molecule has 1 fully saturated rings. The van der Waals surface area contributed by atoms with E-state index in [1.165, 1.54) is 17.7 Å². The Balaban J connectivity index is 1.92. The van der Waals surface area contributed by atoms with Crippen molar-refractivity contribution in [1.29, 1.82) is 0 Å². The third kappa shape index (κ3) is 2.96. The fourth-order valence-corrected chi connectivity index (χ4v) is 5.00. The largest absolute Gasteiger partial charge is 0.377 e. The number of nitrogens with zero attached hydrogens (tertiary/aromatic N) is 2. The highest BCUT2D eigenvalue weighted by molar-refractivity contribution is 7.99. The summed E-state index contributed by atoms with van der Waals surface area (Å²) >= 11 is 3.27. The van der Waals surface area contributed by atoms with E-state index in [1.807, 2.05) is 13.8 Å². The zero-order valence-electron chi connectivity index (χ0n) is 13.3. The molecule has 4 nitrogen and oxygen atoms in total. The van der Waals surface area contributed by atoms with Crippen LogP contribution in [0, 0.1) is 13.8 Å². The molecular formula is C16H22N2O2S2. The van der Waals surface area contributed by atoms with E-state index >= 15 is 0 Å². The normalized spacial score (nSPS) is 19.0. The van der Waals surface area contributed by atoms with Crippen molar-refractivity contribution in [3.05, 3.63) is 20.8 Å². The van der Waals surface area contributed by atoms with E-state index < -0.39 is 0 Å². The molecule has 22 heavy (non-hydrogen) atoms. The molecule has 1 aliphatic heterocycles. The molecule has 3 rings (SSSR count). The minimum absolute atomic E-state index is 0.0985. The summed E-state index contributed by atoms with van der Waals surface area (Å²) in [6, 6.07) is 0. The van der Waals surface area contributed by atoms with Gasteiger partial charge in [-0.05, 0) is 45.6 Å². The Bertz CT molecular complexity index is 730. The summed E-state index contributed by atoms with van der Waals surface area (Å²) < 4.78 is 7.58. The number of thioether (sulfide) groups is 1. The summed E-state index contributed by atoms with van der Waals surface area (Å²) in [7, 11) is 0. The van der Waals surface area contributed by atoms with Gasteiger partial charge in [0.05, 0.1) is 11.5 Å². The number of ether oxygens (including phenoxy) is 1. The second-order valence-corrected chi connectivity index (χ2v) is 7.90. The molecule has 120 valence electrons. The number of fused-ring (bicyclic) bond motifs is 1. The van der Waals surface area contributed by atoms with Crippen LogP contribution in [0.25, 0.3) is 10.2 Å². The van der Waals surface area contributed by atoms with Crippen LogP contribution in [0.4, 0.5) is 0 Å². The van der Waals surface area contributed by atoms with Gasteiger partial charge in [0.2, 0.25) is 0 Å². The standard InChI is InChI=1S/C16H22N2O2S2/c1-4-18-15(19)13-10(2)11(3)22-14(13)17-16(18)21-9-12-7-5-6-8-20-12/h12H,4-9H2,1-3H3/t12-/m0/s1. The zero-order chi connectivity index (χ0) is 15.7. The van der Waals surface area contributed by atoms with Crippen molar-refractivity contribution < 1.29 is 4.74 Å². The van der Waals surface area contributed by atoms with Crippen molar-refractivity contribution in [3.8, 4) is 0 Å². The van der Waals surface area contributed by atoms with Gasteiger partial charge < -0.3 is 4.74 Å². The van der Waals surface area contributed by atoms with Gasteiger partial charge in [0.1, 0.15) is 4.83 Å². The molecule has 0 amide bonds. The predicted octanol–water partition coefficient (Wildman–Crippen LogP) is 3.76. The summed E-state index contributed by atoms with van der Waals surface area (Å²) in [6.07, 6.45) is 3.81. The van der Waals surface area contributed by atoms with Crippen LogP contribution < -0.4 is 5.56 Å². The summed E-state index contributed by atoms with van der Waals surface area (Å²) in [6.45, 7) is 7.59. The van der Waals surface area contributed by atoms with Crippen molar-refractivity contribution in [2.75, 3.05) is 12.4 Å². The summed E-state index contributed by atoms with van der Waals surface area (Å²) in [5, 5.41) is 1.62. The lowest BCUT2D eigenvalue weighted by atomic mass is 10.1. The van der Waals surface area contributed by atoms with Crippen LogP contribution in [0.1, 0.15) is 36.6 Å². The molecule has 2 aromatic heterocycles. The van der Waals surface area contributed by atoms with Gasteiger partial charge in [-0.1, -0.05) is 11.8 Å². The third-order valence-electron chi connectivity index (χ3n) is 4.24. The van der Waals surface area contributed by atoms with Crippen molar-refractivity contribution in [1.82, 2.24) is 9.55 Å². The van der Waals surface area contributed by atoms with Gasteiger partial charge in [-0.3, -0.25) is 9.36 Å². The lowest BCUT2D eigenvalue weighted by Crippen LogP contribution is -2.25. The SMILES string of the molecule is CCn1c(SC[C@@H]2CCCCO2)nc2sc(C)c(C)c2c1=O. The molecule has 0 N–H and O–H groups in total. The molecule has 0 radical (unpaired) electrons. The molecule has 0 bridgehead atoms. The third-order valence-corrected chi connectivity index (χ3v) is 6.45. The van der Waals surface area contributed by atoms with Crippen molar-refractivity contribution in [3.63, 3.8) is 0 Å². The molecule has 1 aliphatic rings. The van der Waals surface area contributed by atoms with Gasteiger partial charge in [0.15, 0.2) is 5.16 Å². The minimum Gasteiger partial charge on any atom is -0.377 e. The first kappa shape index (κ1) is 16.0. The van der Waals surface area contributed by atoms with Crippen molar-refractivity contribution >= 4 is 33.3 Å². The second kappa shape index (κ2) is 6.72. The summed E-state index contributed by atoms with van der Waals surface area (Å²) in [4.78, 5) is 19.6. The van der Waals surface area contributed by atoms with Crippen LogP contribution in [-0.4, -0.2) is 28.0 Å². The first-order valence-electron chi connectivity index (χ1n) is 7.86. The quantitative estimate of drug-likeness (QED) is 0.629. The Labute approximate surface area is 138 Å². The van der Waals surface area contributed by atoms with Crippen LogP contribution in [0.3, 0.4) is 0 Å². The van der Waals surface area contributed by atoms with Crippen LogP contribution >= 0.6 is 23.1 Å². The molecule has 6 heteroatoms. The number of aryl methyl sites for hydroxylation is 2. The number of hydrogen-bond donors (Lipinski definition) is 0. The molecule has 0 spiro atoms. The summed E-state index contributed by atoms with van der Waals surface area (Å²) in [5.74, 6) is 0.876. The molecule has 1 atom stereocenters. The summed E-state index contributed by atoms with van der Waals surface area (Å²) in [5.41, 5.74) is 1.17. The van der Waals surface area contributed by atoms with Crippen LogP contribution in [0.15, 0.2) is 9.95 Å². The van der Waals surface area contributed by atoms with E-state index in [9.17, 15) is 4.79 Å². The molecule has 0 aliphatic carbocycles. The highest BCUT2D eigenvalue weighted by Gasteiger charge is 2.19. The van der Waals surface area contributed by atoms with Crippen LogP contribution in [0.2, 0.25) is 0 Å². The molecule has 2 aromatic rings. The molecule has 3 heterocycles. The maximum atomic E-state index is 12.8. The Kier molecular flexibility index (Phi) is 4.90. The van der Waals surface area contributed by atoms with Gasteiger partial charge >= 0.3 is 0 Å². The first-order chi connectivity index (χ1) is 10.6. The van der Waals surface area contributed by atoms with E-state index in [1.54, 1.807) is 27.7 Å².